The van der Waals surface area contributed by atoms with Gasteiger partial charge in [-0.3, -0.25) is 47.9 Å². The molecule has 0 bridgehead atoms. The van der Waals surface area contributed by atoms with Gasteiger partial charge < -0.3 is 86.0 Å². The summed E-state index contributed by atoms with van der Waals surface area (Å²) in [4.78, 5) is 151. The molecule has 1 aromatic carbocycles. The van der Waals surface area contributed by atoms with Gasteiger partial charge in [-0.1, -0.05) is 52.3 Å². The topological polar surface area (TPSA) is 462 Å². The lowest BCUT2D eigenvalue weighted by Gasteiger charge is -2.31. The van der Waals surface area contributed by atoms with E-state index >= 15 is 0 Å². The number of para-hydroxylation sites is 1. The van der Waals surface area contributed by atoms with E-state index in [1.165, 1.54) is 4.90 Å². The number of fused-ring (bicyclic) bond motifs is 1. The van der Waals surface area contributed by atoms with Crippen LogP contribution in [0.25, 0.3) is 10.9 Å². The Kier molecular flexibility index (Phi) is 27.8. The van der Waals surface area contributed by atoms with Gasteiger partial charge in [0, 0.05) is 36.5 Å². The molecule has 10 atom stereocenters. The first-order valence-corrected chi connectivity index (χ1v) is 27.0. The van der Waals surface area contributed by atoms with Crippen LogP contribution >= 0.6 is 0 Å². The highest BCUT2D eigenvalue weighted by atomic mass is 16.4. The van der Waals surface area contributed by atoms with Gasteiger partial charge in [-0.2, -0.15) is 0 Å². The standard InChI is InChI=1S/C52H84N14O13/c1-5-29(4)43(52(78)79)65-48(74)38(24-30-26-58-33-14-7-6-13-31(30)33)63-46(72)35(18-19-41(56)68)60-49(75)39(27-67)64-50(76)40-17-12-22-66(40)51(77)36(16-9-11-21-54)61-47(73)37(23-28(2)3)62-45(71)34(15-8-10-20-53)59-44(70)32(55)25-42(57)69/h6-7,13-14,26,28-29,32,34-40,43,58,67H,5,8-12,15-25,27,53-55H2,1-4H3,(H2,56,68)(H2,57,69)(H,59,70)(H,60,75)(H,61,73)(H,62,71)(H,63,72)(H,64,76)(H,65,74)(H,78,79)/t29-,32-,34-,35-,36-,37-,38-,39-,40-,43-/m0/s1. The van der Waals surface area contributed by atoms with Gasteiger partial charge in [-0.15, -0.1) is 0 Å². The second-order valence-corrected chi connectivity index (χ2v) is 20.5. The van der Waals surface area contributed by atoms with Gasteiger partial charge >= 0.3 is 5.97 Å². The number of hydrogen-bond donors (Lipinski definition) is 15. The van der Waals surface area contributed by atoms with E-state index in [0.717, 1.165) is 5.52 Å². The molecule has 0 spiro atoms. The molecule has 79 heavy (non-hydrogen) atoms. The van der Waals surface area contributed by atoms with E-state index in [0.29, 0.717) is 56.0 Å². The number of H-pyrrole nitrogens is 1. The predicted molar refractivity (Wildman–Crippen MR) is 290 cm³/mol. The number of carboxylic acids is 1. The molecule has 1 aliphatic rings. The van der Waals surface area contributed by atoms with E-state index in [1.54, 1.807) is 44.3 Å². The van der Waals surface area contributed by atoms with Gasteiger partial charge in [0.05, 0.1) is 19.1 Å². The second kappa shape index (κ2) is 33.3. The zero-order valence-electron chi connectivity index (χ0n) is 45.7. The van der Waals surface area contributed by atoms with Crippen LogP contribution in [-0.4, -0.2) is 166 Å². The van der Waals surface area contributed by atoms with E-state index in [4.69, 9.17) is 28.7 Å². The average molecular weight is 1110 g/mol. The molecule has 440 valence electrons. The third-order valence-electron chi connectivity index (χ3n) is 13.7. The average Bonchev–Trinajstić information content (AvgIpc) is 4.08. The normalized spacial score (nSPS) is 16.7. The number of nitrogens with zero attached hydrogens (tertiary/aromatic N) is 1. The van der Waals surface area contributed by atoms with Gasteiger partial charge in [-0.05, 0) is 101 Å². The number of aliphatic carboxylic acids is 1. The van der Waals surface area contributed by atoms with Crippen LogP contribution in [0.15, 0.2) is 30.5 Å². The Hall–Kier alpha value is -7.23. The van der Waals surface area contributed by atoms with E-state index < -0.39 is 151 Å². The first-order valence-electron chi connectivity index (χ1n) is 27.0. The smallest absolute Gasteiger partial charge is 0.326 e. The van der Waals surface area contributed by atoms with Crippen LogP contribution < -0.4 is 65.9 Å². The number of primary amides is 2. The summed E-state index contributed by atoms with van der Waals surface area (Å²) < 4.78 is 0. The Morgan fingerprint density at radius 1 is 0.684 bits per heavy atom. The molecule has 2 heterocycles. The number of nitrogens with two attached hydrogens (primary N) is 5. The molecule has 0 radical (unpaired) electrons. The lowest BCUT2D eigenvalue weighted by molar-refractivity contribution is -0.144. The number of carbonyl (C=O) groups excluding carboxylic acids is 10. The zero-order chi connectivity index (χ0) is 58.9. The molecule has 1 aromatic heterocycles. The van der Waals surface area contributed by atoms with Gasteiger partial charge in [0.25, 0.3) is 0 Å². The van der Waals surface area contributed by atoms with Gasteiger partial charge in [0.2, 0.25) is 59.1 Å². The third-order valence-corrected chi connectivity index (χ3v) is 13.7. The summed E-state index contributed by atoms with van der Waals surface area (Å²) in [5.41, 5.74) is 29.2. The minimum atomic E-state index is -1.73. The SMILES string of the molecule is CC[C@H](C)[C@H](NC(=O)[C@H](Cc1c[nH]c2ccccc12)NC(=O)[C@H](CCC(N)=O)NC(=O)[C@H](CO)NC(=O)[C@@H]1CCCN1C(=O)[C@H](CCCCN)NC(=O)[C@H](CC(C)C)NC(=O)[C@H](CCCCN)NC(=O)[C@@H](N)CC(N)=O)C(=O)O. The number of likely N-dealkylation sites (tertiary alicyclic amines) is 1. The Balaban J connectivity index is 1.85. The number of carbonyl (C=O) groups is 11. The molecule has 0 aliphatic carbocycles. The number of benzene rings is 1. The predicted octanol–water partition coefficient (Wildman–Crippen LogP) is -3.01. The van der Waals surface area contributed by atoms with Crippen molar-refractivity contribution in [1.82, 2.24) is 47.1 Å². The maximum atomic E-state index is 14.5. The van der Waals surface area contributed by atoms with Gasteiger partial charge in [-0.25, -0.2) is 4.79 Å². The summed E-state index contributed by atoms with van der Waals surface area (Å²) in [6, 6.07) is -5.11. The Morgan fingerprint density at radius 3 is 1.81 bits per heavy atom. The summed E-state index contributed by atoms with van der Waals surface area (Å²) in [6.45, 7) is 6.62. The first kappa shape index (κ1) is 66.1. The number of aromatic nitrogens is 1. The molecular weight excluding hydrogens is 1030 g/mol. The van der Waals surface area contributed by atoms with Crippen molar-refractivity contribution in [2.75, 3.05) is 26.2 Å². The molecule has 1 saturated heterocycles. The molecule has 10 amide bonds. The zero-order valence-corrected chi connectivity index (χ0v) is 45.7. The van der Waals surface area contributed by atoms with Crippen molar-refractivity contribution in [2.45, 2.75) is 172 Å². The molecule has 1 fully saturated rings. The maximum absolute atomic E-state index is 14.5. The van der Waals surface area contributed by atoms with Crippen molar-refractivity contribution in [2.24, 2.45) is 40.5 Å². The lowest BCUT2D eigenvalue weighted by atomic mass is 9.97. The van der Waals surface area contributed by atoms with Crippen LogP contribution in [0.5, 0.6) is 0 Å². The van der Waals surface area contributed by atoms with Crippen molar-refractivity contribution >= 4 is 75.9 Å². The number of carboxylic acid groups (broad SMARTS) is 1. The van der Waals surface area contributed by atoms with Crippen molar-refractivity contribution in [1.29, 1.82) is 0 Å². The molecule has 0 unspecified atom stereocenters. The number of rotatable bonds is 36. The molecule has 3 rings (SSSR count). The van der Waals surface area contributed by atoms with E-state index in [2.05, 4.69) is 42.2 Å². The minimum Gasteiger partial charge on any atom is -0.480 e. The number of amides is 10. The Labute approximate surface area is 459 Å². The maximum Gasteiger partial charge on any atom is 0.326 e. The lowest BCUT2D eigenvalue weighted by Crippen LogP contribution is -2.61. The largest absolute Gasteiger partial charge is 0.480 e. The Morgan fingerprint density at radius 2 is 1.23 bits per heavy atom. The van der Waals surface area contributed by atoms with Crippen LogP contribution in [-0.2, 0) is 59.2 Å². The highest BCUT2D eigenvalue weighted by molar-refractivity contribution is 5.99. The molecule has 27 nitrogen and oxygen atoms in total. The third kappa shape index (κ3) is 21.2. The highest BCUT2D eigenvalue weighted by Gasteiger charge is 2.41. The fourth-order valence-electron chi connectivity index (χ4n) is 9.08. The van der Waals surface area contributed by atoms with E-state index in [9.17, 15) is 63.0 Å². The van der Waals surface area contributed by atoms with Crippen LogP contribution in [0.1, 0.15) is 117 Å². The summed E-state index contributed by atoms with van der Waals surface area (Å²) >= 11 is 0. The van der Waals surface area contributed by atoms with E-state index in [1.807, 2.05) is 13.8 Å². The van der Waals surface area contributed by atoms with Crippen LogP contribution in [0.3, 0.4) is 0 Å². The van der Waals surface area contributed by atoms with Crippen LogP contribution in [0.2, 0.25) is 0 Å². The summed E-state index contributed by atoms with van der Waals surface area (Å²) in [6.07, 6.45) is 3.05. The minimum absolute atomic E-state index is 0.0532. The summed E-state index contributed by atoms with van der Waals surface area (Å²) in [7, 11) is 0. The number of aromatic amines is 1. The first-order chi connectivity index (χ1) is 37.5. The Bertz CT molecular complexity index is 2420. The number of unbranched alkanes of at least 4 members (excludes halogenated alkanes) is 2. The van der Waals surface area contributed by atoms with Crippen molar-refractivity contribution in [3.05, 3.63) is 36.0 Å². The summed E-state index contributed by atoms with van der Waals surface area (Å²) in [5.74, 6) is -10.4. The number of hydrogen-bond acceptors (Lipinski definition) is 15. The molecule has 1 aliphatic heterocycles. The van der Waals surface area contributed by atoms with Crippen molar-refractivity contribution in [3.63, 3.8) is 0 Å². The van der Waals surface area contributed by atoms with Crippen molar-refractivity contribution < 1.29 is 63.0 Å². The molecule has 20 N–H and O–H groups in total. The number of aliphatic hydroxyl groups excluding tert-OH is 1. The van der Waals surface area contributed by atoms with Crippen LogP contribution in [0.4, 0.5) is 0 Å². The molecule has 2 aromatic rings. The summed E-state index contributed by atoms with van der Waals surface area (Å²) in [5, 5.41) is 39.1. The quantitative estimate of drug-likeness (QED) is 0.0302. The van der Waals surface area contributed by atoms with Crippen molar-refractivity contribution in [3.8, 4) is 0 Å². The molecular formula is C52H84N14O13. The second-order valence-electron chi connectivity index (χ2n) is 20.5. The van der Waals surface area contributed by atoms with Gasteiger partial charge in [0.15, 0.2) is 0 Å². The number of nitrogens with one attached hydrogen (secondary N) is 8. The highest BCUT2D eigenvalue weighted by Crippen LogP contribution is 2.22. The van der Waals surface area contributed by atoms with E-state index in [-0.39, 0.29) is 51.1 Å². The number of aliphatic hydroxyl groups is 1. The monoisotopic (exact) mass is 1110 g/mol. The molecule has 27 heteroatoms. The fourth-order valence-corrected chi connectivity index (χ4v) is 9.08. The van der Waals surface area contributed by atoms with Crippen LogP contribution in [0, 0.1) is 11.8 Å². The van der Waals surface area contributed by atoms with Gasteiger partial charge in [0.1, 0.15) is 48.3 Å². The molecule has 0 saturated carbocycles. The fraction of sp³-hybridized carbons (Fsp3) is 0.635.